The molecule has 3 rings (SSSR count). The molecular formula is C16H20N4O2. The molecule has 1 aliphatic heterocycles. The van der Waals surface area contributed by atoms with Crippen molar-refractivity contribution in [1.82, 2.24) is 9.88 Å². The van der Waals surface area contributed by atoms with E-state index < -0.39 is 6.10 Å². The monoisotopic (exact) mass is 300 g/mol. The van der Waals surface area contributed by atoms with Gasteiger partial charge in [-0.05, 0) is 30.9 Å². The summed E-state index contributed by atoms with van der Waals surface area (Å²) in [4.78, 5) is 20.2. The topological polar surface area (TPSA) is 80.5 Å². The molecule has 2 aliphatic rings. The van der Waals surface area contributed by atoms with Crippen molar-refractivity contribution in [3.63, 3.8) is 0 Å². The summed E-state index contributed by atoms with van der Waals surface area (Å²) in [5, 5.41) is 19.1. The summed E-state index contributed by atoms with van der Waals surface area (Å²) in [7, 11) is 0. The van der Waals surface area contributed by atoms with Gasteiger partial charge in [0.1, 0.15) is 17.6 Å². The molecule has 1 saturated carbocycles. The van der Waals surface area contributed by atoms with E-state index in [1.54, 1.807) is 17.0 Å². The first-order valence-corrected chi connectivity index (χ1v) is 7.73. The maximum atomic E-state index is 12.2. The van der Waals surface area contributed by atoms with Crippen LogP contribution in [0.15, 0.2) is 18.2 Å². The van der Waals surface area contributed by atoms with E-state index in [2.05, 4.69) is 4.98 Å². The van der Waals surface area contributed by atoms with Crippen LogP contribution in [0, 0.1) is 17.2 Å². The van der Waals surface area contributed by atoms with Crippen molar-refractivity contribution in [2.24, 2.45) is 5.92 Å². The van der Waals surface area contributed by atoms with E-state index in [1.807, 2.05) is 17.0 Å². The van der Waals surface area contributed by atoms with Gasteiger partial charge >= 0.3 is 0 Å². The fraction of sp³-hybridized carbons (Fsp3) is 0.562. The van der Waals surface area contributed by atoms with Gasteiger partial charge in [0.2, 0.25) is 5.91 Å². The predicted molar refractivity (Wildman–Crippen MR) is 81.1 cm³/mol. The van der Waals surface area contributed by atoms with E-state index >= 15 is 0 Å². The van der Waals surface area contributed by atoms with Gasteiger partial charge in [0.05, 0.1) is 6.10 Å². The molecule has 0 bridgehead atoms. The van der Waals surface area contributed by atoms with Gasteiger partial charge in [-0.3, -0.25) is 4.79 Å². The summed E-state index contributed by atoms with van der Waals surface area (Å²) in [6, 6.07) is 7.29. The van der Waals surface area contributed by atoms with Crippen LogP contribution in [0.25, 0.3) is 0 Å². The molecule has 0 spiro atoms. The normalized spacial score (nSPS) is 22.1. The van der Waals surface area contributed by atoms with E-state index in [0.717, 1.165) is 12.8 Å². The lowest BCUT2D eigenvalue weighted by Crippen LogP contribution is -2.37. The second-order valence-corrected chi connectivity index (χ2v) is 6.08. The Bertz CT molecular complexity index is 594. The molecular weight excluding hydrogens is 280 g/mol. The number of carbonyl (C=O) groups excluding carboxylic acids is 1. The molecule has 1 aromatic rings. The summed E-state index contributed by atoms with van der Waals surface area (Å²) in [6.45, 7) is 2.01. The first-order valence-electron chi connectivity index (χ1n) is 7.73. The average Bonchev–Trinajstić information content (AvgIpc) is 3.34. The number of β-amino-alcohol motifs (C(OH)–C–C–N with tert-alkyl or cyclic N) is 1. The van der Waals surface area contributed by atoms with Crippen LogP contribution in [0.5, 0.6) is 0 Å². The lowest BCUT2D eigenvalue weighted by molar-refractivity contribution is -0.132. The number of hydrogen-bond donors (Lipinski definition) is 1. The molecule has 1 N–H and O–H groups in total. The predicted octanol–water partition coefficient (Wildman–Crippen LogP) is 0.763. The highest BCUT2D eigenvalue weighted by atomic mass is 16.3. The molecule has 2 fully saturated rings. The number of carbonyl (C=O) groups is 1. The maximum absolute atomic E-state index is 12.2. The third kappa shape index (κ3) is 3.55. The highest BCUT2D eigenvalue weighted by molar-refractivity contribution is 5.77. The SMILES string of the molecule is N#Cc1cccc(N2CCN(C(=O)CC3CC3)C[C@H](O)C2)n1. The Morgan fingerprint density at radius 2 is 2.18 bits per heavy atom. The number of aromatic nitrogens is 1. The molecule has 2 heterocycles. The van der Waals surface area contributed by atoms with Crippen molar-refractivity contribution in [2.75, 3.05) is 31.1 Å². The molecule has 0 radical (unpaired) electrons. The van der Waals surface area contributed by atoms with Crippen molar-refractivity contribution in [3.8, 4) is 6.07 Å². The zero-order valence-corrected chi connectivity index (χ0v) is 12.5. The number of pyridine rings is 1. The van der Waals surface area contributed by atoms with E-state index in [9.17, 15) is 9.90 Å². The molecule has 6 nitrogen and oxygen atoms in total. The van der Waals surface area contributed by atoms with Crippen molar-refractivity contribution < 1.29 is 9.90 Å². The van der Waals surface area contributed by atoms with E-state index in [-0.39, 0.29) is 5.91 Å². The smallest absolute Gasteiger partial charge is 0.222 e. The molecule has 1 amide bonds. The quantitative estimate of drug-likeness (QED) is 0.891. The van der Waals surface area contributed by atoms with Crippen LogP contribution >= 0.6 is 0 Å². The van der Waals surface area contributed by atoms with Crippen molar-refractivity contribution >= 4 is 11.7 Å². The van der Waals surface area contributed by atoms with Crippen molar-refractivity contribution in [2.45, 2.75) is 25.4 Å². The minimum absolute atomic E-state index is 0.141. The molecule has 1 saturated heterocycles. The summed E-state index contributed by atoms with van der Waals surface area (Å²) < 4.78 is 0. The Morgan fingerprint density at radius 3 is 2.91 bits per heavy atom. The van der Waals surface area contributed by atoms with E-state index in [0.29, 0.717) is 50.0 Å². The Balaban J connectivity index is 1.67. The van der Waals surface area contributed by atoms with Gasteiger partial charge in [-0.25, -0.2) is 4.98 Å². The van der Waals surface area contributed by atoms with Crippen LogP contribution in [0.4, 0.5) is 5.82 Å². The van der Waals surface area contributed by atoms with Gasteiger partial charge < -0.3 is 14.9 Å². The molecule has 1 aromatic heterocycles. The number of nitriles is 1. The summed E-state index contributed by atoms with van der Waals surface area (Å²) in [5.41, 5.74) is 0.359. The largest absolute Gasteiger partial charge is 0.389 e. The maximum Gasteiger partial charge on any atom is 0.222 e. The Labute approximate surface area is 130 Å². The first-order chi connectivity index (χ1) is 10.7. The Kier molecular flexibility index (Phi) is 4.25. The van der Waals surface area contributed by atoms with Crippen LogP contribution < -0.4 is 4.90 Å². The minimum Gasteiger partial charge on any atom is -0.389 e. The number of rotatable bonds is 3. The van der Waals surface area contributed by atoms with Crippen LogP contribution in [0.2, 0.25) is 0 Å². The summed E-state index contributed by atoms with van der Waals surface area (Å²) >= 11 is 0. The Morgan fingerprint density at radius 1 is 1.36 bits per heavy atom. The summed E-state index contributed by atoms with van der Waals surface area (Å²) in [6.07, 6.45) is 2.31. The molecule has 1 atom stereocenters. The third-order valence-corrected chi connectivity index (χ3v) is 4.19. The van der Waals surface area contributed by atoms with Crippen molar-refractivity contribution in [1.29, 1.82) is 5.26 Å². The molecule has 22 heavy (non-hydrogen) atoms. The lowest BCUT2D eigenvalue weighted by Gasteiger charge is -2.22. The van der Waals surface area contributed by atoms with Gasteiger partial charge in [0.25, 0.3) is 0 Å². The van der Waals surface area contributed by atoms with Crippen LogP contribution in [-0.4, -0.2) is 53.2 Å². The number of aliphatic hydroxyl groups is 1. The number of nitrogens with zero attached hydrogens (tertiary/aromatic N) is 4. The van der Waals surface area contributed by atoms with Gasteiger partial charge in [0.15, 0.2) is 0 Å². The molecule has 116 valence electrons. The average molecular weight is 300 g/mol. The number of aliphatic hydroxyl groups excluding tert-OH is 1. The first kappa shape index (κ1) is 14.8. The molecule has 1 aliphatic carbocycles. The standard InChI is InChI=1S/C16H20N4O2/c17-9-13-2-1-3-15(18-13)19-6-7-20(11-14(21)10-19)16(22)8-12-4-5-12/h1-3,12,14,21H,4-8,10-11H2/t14-/m1/s1. The second-order valence-electron chi connectivity index (χ2n) is 6.08. The number of hydrogen-bond acceptors (Lipinski definition) is 5. The molecule has 6 heteroatoms. The fourth-order valence-corrected chi connectivity index (χ4v) is 2.78. The minimum atomic E-state index is -0.599. The van der Waals surface area contributed by atoms with Gasteiger partial charge in [-0.15, -0.1) is 0 Å². The molecule has 0 aromatic carbocycles. The van der Waals surface area contributed by atoms with E-state index in [4.69, 9.17) is 5.26 Å². The number of anilines is 1. The highest BCUT2D eigenvalue weighted by Gasteiger charge is 2.30. The number of amides is 1. The zero-order valence-electron chi connectivity index (χ0n) is 12.5. The Hall–Kier alpha value is -2.13. The highest BCUT2D eigenvalue weighted by Crippen LogP contribution is 2.33. The zero-order chi connectivity index (χ0) is 15.5. The van der Waals surface area contributed by atoms with Gasteiger partial charge in [-0.1, -0.05) is 6.07 Å². The van der Waals surface area contributed by atoms with Crippen LogP contribution in [0.3, 0.4) is 0 Å². The lowest BCUT2D eigenvalue weighted by atomic mass is 10.2. The van der Waals surface area contributed by atoms with Crippen LogP contribution in [0.1, 0.15) is 25.0 Å². The third-order valence-electron chi connectivity index (χ3n) is 4.19. The molecule has 0 unspecified atom stereocenters. The van der Waals surface area contributed by atoms with Crippen LogP contribution in [-0.2, 0) is 4.79 Å². The fourth-order valence-electron chi connectivity index (χ4n) is 2.78. The van der Waals surface area contributed by atoms with Gasteiger partial charge in [0, 0.05) is 32.6 Å². The van der Waals surface area contributed by atoms with Crippen molar-refractivity contribution in [3.05, 3.63) is 23.9 Å². The summed E-state index contributed by atoms with van der Waals surface area (Å²) in [5.74, 6) is 1.37. The van der Waals surface area contributed by atoms with Gasteiger partial charge in [-0.2, -0.15) is 5.26 Å². The second kappa shape index (κ2) is 6.32. The van der Waals surface area contributed by atoms with E-state index in [1.165, 1.54) is 0 Å².